The average molecular weight is 453 g/mol. The van der Waals surface area contributed by atoms with E-state index >= 15 is 0 Å². The van der Waals surface area contributed by atoms with Crippen LogP contribution in [0.3, 0.4) is 0 Å². The lowest BCUT2D eigenvalue weighted by molar-refractivity contribution is -0.116. The Morgan fingerprint density at radius 2 is 2.03 bits per heavy atom. The molecule has 4 rings (SSSR count). The fourth-order valence-electron chi connectivity index (χ4n) is 3.38. The van der Waals surface area contributed by atoms with Crippen molar-refractivity contribution in [2.75, 3.05) is 11.9 Å². The molecule has 32 heavy (non-hydrogen) atoms. The van der Waals surface area contributed by atoms with Crippen molar-refractivity contribution in [2.45, 2.75) is 27.3 Å². The Balaban J connectivity index is 1.59. The van der Waals surface area contributed by atoms with E-state index in [1.165, 1.54) is 6.20 Å². The molecular weight excluding hydrogens is 432 g/mol. The highest BCUT2D eigenvalue weighted by Gasteiger charge is 2.17. The normalized spacial score (nSPS) is 11.0. The molecule has 0 aliphatic carbocycles. The van der Waals surface area contributed by atoms with Crippen LogP contribution in [0, 0.1) is 13.8 Å². The van der Waals surface area contributed by atoms with Gasteiger partial charge in [-0.15, -0.1) is 0 Å². The van der Waals surface area contributed by atoms with E-state index in [2.05, 4.69) is 20.5 Å². The maximum atomic E-state index is 12.6. The highest BCUT2D eigenvalue weighted by Crippen LogP contribution is 2.24. The molecule has 1 amide bonds. The zero-order valence-corrected chi connectivity index (χ0v) is 18.6. The highest BCUT2D eigenvalue weighted by molar-refractivity contribution is 6.31. The molecule has 0 unspecified atom stereocenters. The predicted molar refractivity (Wildman–Crippen MR) is 120 cm³/mol. The van der Waals surface area contributed by atoms with Gasteiger partial charge < -0.3 is 10.1 Å². The van der Waals surface area contributed by atoms with Crippen molar-refractivity contribution < 1.29 is 14.3 Å². The largest absolute Gasteiger partial charge is 0.462 e. The zero-order chi connectivity index (χ0) is 22.8. The van der Waals surface area contributed by atoms with Crippen molar-refractivity contribution in [2.24, 2.45) is 0 Å². The summed E-state index contributed by atoms with van der Waals surface area (Å²) in [5.74, 6) is -0.703. The molecule has 0 radical (unpaired) electrons. The third-order valence-electron chi connectivity index (χ3n) is 4.93. The third-order valence-corrected chi connectivity index (χ3v) is 5.47. The van der Waals surface area contributed by atoms with Gasteiger partial charge >= 0.3 is 5.97 Å². The molecule has 10 heteroatoms. The molecule has 0 spiro atoms. The van der Waals surface area contributed by atoms with Crippen molar-refractivity contribution in [1.29, 1.82) is 0 Å². The minimum Gasteiger partial charge on any atom is -0.462 e. The number of ether oxygens (including phenoxy) is 1. The lowest BCUT2D eigenvalue weighted by Gasteiger charge is -2.10. The summed E-state index contributed by atoms with van der Waals surface area (Å²) in [5, 5.41) is 12.0. The van der Waals surface area contributed by atoms with Gasteiger partial charge in [-0.05, 0) is 39.0 Å². The summed E-state index contributed by atoms with van der Waals surface area (Å²) >= 11 is 6.16. The molecule has 0 atom stereocenters. The number of amides is 1. The number of hydrogen-bond acceptors (Lipinski definition) is 6. The average Bonchev–Trinajstić information content (AvgIpc) is 3.31. The molecule has 1 aromatic carbocycles. The topological polar surface area (TPSA) is 103 Å². The zero-order valence-electron chi connectivity index (χ0n) is 17.8. The van der Waals surface area contributed by atoms with E-state index in [1.807, 2.05) is 25.1 Å². The number of aromatic nitrogens is 5. The molecule has 3 heterocycles. The van der Waals surface area contributed by atoms with Gasteiger partial charge in [-0.2, -0.15) is 10.2 Å². The summed E-state index contributed by atoms with van der Waals surface area (Å²) in [7, 11) is 0. The van der Waals surface area contributed by atoms with Gasteiger partial charge in [-0.1, -0.05) is 23.7 Å². The second-order valence-electron chi connectivity index (χ2n) is 7.12. The van der Waals surface area contributed by atoms with Gasteiger partial charge in [0.1, 0.15) is 12.1 Å². The van der Waals surface area contributed by atoms with E-state index in [0.717, 1.165) is 11.3 Å². The Labute approximate surface area is 189 Å². The number of benzene rings is 1. The van der Waals surface area contributed by atoms with Crippen molar-refractivity contribution in [3.63, 3.8) is 0 Å². The van der Waals surface area contributed by atoms with Crippen LogP contribution in [-0.4, -0.2) is 42.9 Å². The number of carbonyl (C=O) groups is 2. The van der Waals surface area contributed by atoms with E-state index in [0.29, 0.717) is 33.3 Å². The molecular formula is C22H21ClN6O3. The fraction of sp³-hybridized carbons (Fsp3) is 0.227. The van der Waals surface area contributed by atoms with Crippen LogP contribution in [0.1, 0.15) is 28.7 Å². The smallest absolute Gasteiger partial charge is 0.343 e. The predicted octanol–water partition coefficient (Wildman–Crippen LogP) is 3.68. The van der Waals surface area contributed by atoms with E-state index < -0.39 is 5.97 Å². The van der Waals surface area contributed by atoms with E-state index in [4.69, 9.17) is 16.3 Å². The standard InChI is InChI=1S/C22H21ClN6O3/c1-4-32-22(31)17-11-25-29-18(8-9-24-21(17)29)15-6-5-7-16(10-15)26-19(30)12-28-14(3)20(23)13(2)27-28/h5-11H,4,12H2,1-3H3,(H,26,30). The molecule has 0 aliphatic heterocycles. The number of carbonyl (C=O) groups excluding carboxylic acids is 2. The lowest BCUT2D eigenvalue weighted by atomic mass is 10.1. The Morgan fingerprint density at radius 1 is 1.22 bits per heavy atom. The Kier molecular flexibility index (Phi) is 5.91. The first-order chi connectivity index (χ1) is 15.4. The summed E-state index contributed by atoms with van der Waals surface area (Å²) in [6.07, 6.45) is 3.04. The maximum Gasteiger partial charge on any atom is 0.343 e. The third kappa shape index (κ3) is 4.06. The van der Waals surface area contributed by atoms with Crippen LogP contribution >= 0.6 is 11.6 Å². The van der Waals surface area contributed by atoms with Gasteiger partial charge in [-0.25, -0.2) is 14.3 Å². The number of fused-ring (bicyclic) bond motifs is 1. The first-order valence-electron chi connectivity index (χ1n) is 9.98. The molecule has 0 saturated heterocycles. The van der Waals surface area contributed by atoms with Crippen molar-refractivity contribution >= 4 is 34.8 Å². The fourth-order valence-corrected chi connectivity index (χ4v) is 3.52. The summed E-state index contributed by atoms with van der Waals surface area (Å²) in [6, 6.07) is 9.12. The first kappa shape index (κ1) is 21.5. The van der Waals surface area contributed by atoms with Crippen molar-refractivity contribution in [1.82, 2.24) is 24.4 Å². The molecule has 9 nitrogen and oxygen atoms in total. The quantitative estimate of drug-likeness (QED) is 0.447. The SMILES string of the molecule is CCOC(=O)c1cnn2c(-c3cccc(NC(=O)Cn4nc(C)c(Cl)c4C)c3)ccnc12. The van der Waals surface area contributed by atoms with Crippen LogP contribution in [0.15, 0.2) is 42.7 Å². The van der Waals surface area contributed by atoms with Crippen LogP contribution in [0.2, 0.25) is 5.02 Å². The number of aryl methyl sites for hydroxylation is 1. The van der Waals surface area contributed by atoms with Gasteiger partial charge in [0.05, 0.1) is 34.9 Å². The number of halogens is 1. The van der Waals surface area contributed by atoms with E-state index in [1.54, 1.807) is 41.4 Å². The van der Waals surface area contributed by atoms with Gasteiger partial charge in [0.15, 0.2) is 5.65 Å². The maximum absolute atomic E-state index is 12.6. The lowest BCUT2D eigenvalue weighted by Crippen LogP contribution is -2.20. The van der Waals surface area contributed by atoms with Crippen LogP contribution in [0.25, 0.3) is 16.9 Å². The van der Waals surface area contributed by atoms with E-state index in [9.17, 15) is 9.59 Å². The monoisotopic (exact) mass is 452 g/mol. The summed E-state index contributed by atoms with van der Waals surface area (Å²) in [5.41, 5.74) is 4.24. The summed E-state index contributed by atoms with van der Waals surface area (Å²) < 4.78 is 8.22. The molecule has 0 bridgehead atoms. The first-order valence-corrected chi connectivity index (χ1v) is 10.4. The minimum absolute atomic E-state index is 0.0468. The van der Waals surface area contributed by atoms with Crippen molar-refractivity contribution in [3.05, 3.63) is 64.7 Å². The minimum atomic E-state index is -0.475. The molecule has 1 N–H and O–H groups in total. The second-order valence-corrected chi connectivity index (χ2v) is 7.49. The molecule has 0 aliphatic rings. The van der Waals surface area contributed by atoms with Crippen LogP contribution in [-0.2, 0) is 16.1 Å². The molecule has 3 aromatic heterocycles. The van der Waals surface area contributed by atoms with Crippen LogP contribution in [0.4, 0.5) is 5.69 Å². The van der Waals surface area contributed by atoms with Crippen molar-refractivity contribution in [3.8, 4) is 11.3 Å². The number of anilines is 1. The van der Waals surface area contributed by atoms with Gasteiger partial charge in [-0.3, -0.25) is 9.48 Å². The number of rotatable bonds is 6. The van der Waals surface area contributed by atoms with Gasteiger partial charge in [0, 0.05) is 17.4 Å². The summed E-state index contributed by atoms with van der Waals surface area (Å²) in [6.45, 7) is 5.67. The second kappa shape index (κ2) is 8.80. The van der Waals surface area contributed by atoms with Gasteiger partial charge in [0.25, 0.3) is 0 Å². The molecule has 4 aromatic rings. The van der Waals surface area contributed by atoms with Crippen LogP contribution in [0.5, 0.6) is 0 Å². The number of hydrogen-bond donors (Lipinski definition) is 1. The van der Waals surface area contributed by atoms with E-state index in [-0.39, 0.29) is 19.1 Å². The molecule has 0 fully saturated rings. The number of esters is 1. The van der Waals surface area contributed by atoms with Crippen LogP contribution < -0.4 is 5.32 Å². The Morgan fingerprint density at radius 3 is 2.75 bits per heavy atom. The molecule has 0 saturated carbocycles. The number of nitrogens with zero attached hydrogens (tertiary/aromatic N) is 5. The summed E-state index contributed by atoms with van der Waals surface area (Å²) in [4.78, 5) is 29.0. The van der Waals surface area contributed by atoms with Gasteiger partial charge in [0.2, 0.25) is 5.91 Å². The number of nitrogens with one attached hydrogen (secondary N) is 1. The molecule has 164 valence electrons. The highest BCUT2D eigenvalue weighted by atomic mass is 35.5. The Hall–Kier alpha value is -3.72. The Bertz CT molecular complexity index is 1330.